The number of benzene rings is 1. The smallest absolute Gasteiger partial charge is 0.231 e. The van der Waals surface area contributed by atoms with Crippen LogP contribution in [-0.4, -0.2) is 17.1 Å². The number of hydrogen-bond donors (Lipinski definition) is 0. The van der Waals surface area contributed by atoms with Crippen LogP contribution in [0.25, 0.3) is 16.3 Å². The molecule has 25 heavy (non-hydrogen) atoms. The number of thiophene rings is 1. The van der Waals surface area contributed by atoms with Crippen molar-refractivity contribution in [1.29, 1.82) is 0 Å². The van der Waals surface area contributed by atoms with Crippen LogP contribution in [0, 0.1) is 6.92 Å². The van der Waals surface area contributed by atoms with Crippen LogP contribution in [0.4, 0.5) is 0 Å². The van der Waals surface area contributed by atoms with Gasteiger partial charge in [-0.25, -0.2) is 4.98 Å². The molecule has 1 aromatic carbocycles. The lowest BCUT2D eigenvalue weighted by atomic mass is 10.2. The molecule has 3 aromatic rings. The van der Waals surface area contributed by atoms with Crippen molar-refractivity contribution < 1.29 is 9.47 Å². The molecule has 0 bridgehead atoms. The Labute approximate surface area is 151 Å². The van der Waals surface area contributed by atoms with E-state index in [1.807, 2.05) is 44.2 Å². The molecule has 0 radical (unpaired) electrons. The number of rotatable bonds is 4. The number of allylic oxidation sites excluding steroid dienone is 1. The van der Waals surface area contributed by atoms with Crippen LogP contribution in [0.2, 0.25) is 0 Å². The summed E-state index contributed by atoms with van der Waals surface area (Å²) in [6.45, 7) is 3.90. The normalized spacial score (nSPS) is 13.6. The quantitative estimate of drug-likeness (QED) is 0.637. The Morgan fingerprint density at radius 1 is 1.16 bits per heavy atom. The van der Waals surface area contributed by atoms with Crippen LogP contribution < -0.4 is 9.47 Å². The minimum absolute atomic E-state index is 0.638. The molecule has 0 aliphatic heterocycles. The zero-order chi connectivity index (χ0) is 17.4. The summed E-state index contributed by atoms with van der Waals surface area (Å²) in [5, 5.41) is 1.07. The molecule has 4 rings (SSSR count). The van der Waals surface area contributed by atoms with Crippen molar-refractivity contribution in [2.75, 3.05) is 7.11 Å². The summed E-state index contributed by atoms with van der Waals surface area (Å²) in [7, 11) is 1.66. The van der Waals surface area contributed by atoms with Gasteiger partial charge in [0.05, 0.1) is 12.5 Å². The van der Waals surface area contributed by atoms with E-state index in [1.165, 1.54) is 16.9 Å². The van der Waals surface area contributed by atoms with Crippen molar-refractivity contribution in [2.24, 2.45) is 0 Å². The molecular weight excluding hydrogens is 332 g/mol. The Kier molecular flexibility index (Phi) is 4.17. The molecule has 0 atom stereocenters. The predicted octanol–water partition coefficient (Wildman–Crippen LogP) is 5.32. The fourth-order valence-corrected chi connectivity index (χ4v) is 4.60. The van der Waals surface area contributed by atoms with E-state index in [2.05, 4.69) is 9.97 Å². The maximum atomic E-state index is 6.22. The topological polar surface area (TPSA) is 44.2 Å². The van der Waals surface area contributed by atoms with Gasteiger partial charge in [-0.3, -0.25) is 0 Å². The lowest BCUT2D eigenvalue weighted by molar-refractivity contribution is 0.375. The van der Waals surface area contributed by atoms with Crippen LogP contribution in [0.5, 0.6) is 17.4 Å². The van der Waals surface area contributed by atoms with E-state index in [-0.39, 0.29) is 0 Å². The third-order valence-electron chi connectivity index (χ3n) is 4.40. The molecule has 5 heteroatoms. The first kappa shape index (κ1) is 16.1. The van der Waals surface area contributed by atoms with E-state index in [0.29, 0.717) is 17.4 Å². The molecule has 2 heterocycles. The number of ether oxygens (including phenoxy) is 2. The Balaban J connectivity index is 1.81. The minimum Gasteiger partial charge on any atom is -0.493 e. The second-order valence-corrected chi connectivity index (χ2v) is 7.21. The zero-order valence-corrected chi connectivity index (χ0v) is 15.4. The SMILES string of the molecule is CC=Cc1ccc(Oc2nc(C)nc3sc4c(c23)CCC4)c(OC)c1. The number of hydrogen-bond acceptors (Lipinski definition) is 5. The van der Waals surface area contributed by atoms with Crippen LogP contribution in [0.3, 0.4) is 0 Å². The van der Waals surface area contributed by atoms with E-state index < -0.39 is 0 Å². The third-order valence-corrected chi connectivity index (χ3v) is 5.58. The Bertz CT molecular complexity index is 975. The second kappa shape index (κ2) is 6.48. The predicted molar refractivity (Wildman–Crippen MR) is 102 cm³/mol. The van der Waals surface area contributed by atoms with Crippen LogP contribution in [0.15, 0.2) is 24.3 Å². The highest BCUT2D eigenvalue weighted by Crippen LogP contribution is 2.42. The van der Waals surface area contributed by atoms with Crippen molar-refractivity contribution in [3.63, 3.8) is 0 Å². The van der Waals surface area contributed by atoms with E-state index in [1.54, 1.807) is 18.4 Å². The molecular formula is C20H20N2O2S. The first-order chi connectivity index (χ1) is 12.2. The Morgan fingerprint density at radius 2 is 2.04 bits per heavy atom. The Hall–Kier alpha value is -2.40. The summed E-state index contributed by atoms with van der Waals surface area (Å²) in [4.78, 5) is 11.6. The van der Waals surface area contributed by atoms with Crippen LogP contribution >= 0.6 is 11.3 Å². The number of aromatic nitrogens is 2. The third kappa shape index (κ3) is 2.89. The lowest BCUT2D eigenvalue weighted by Crippen LogP contribution is -1.97. The standard InChI is InChI=1S/C20H20N2O2S/c1-4-6-13-9-10-15(16(11-13)23-3)24-19-18-14-7-5-8-17(14)25-20(18)22-12(2)21-19/h4,6,9-11H,5,7-8H2,1-3H3. The van der Waals surface area contributed by atoms with Gasteiger partial charge in [0.15, 0.2) is 11.5 Å². The van der Waals surface area contributed by atoms with Gasteiger partial charge >= 0.3 is 0 Å². The summed E-state index contributed by atoms with van der Waals surface area (Å²) in [6.07, 6.45) is 7.45. The molecule has 0 fully saturated rings. The van der Waals surface area contributed by atoms with Gasteiger partial charge in [0.1, 0.15) is 10.7 Å². The van der Waals surface area contributed by atoms with E-state index in [9.17, 15) is 0 Å². The van der Waals surface area contributed by atoms with E-state index >= 15 is 0 Å². The monoisotopic (exact) mass is 352 g/mol. The summed E-state index contributed by atoms with van der Waals surface area (Å²) in [5.74, 6) is 2.74. The number of nitrogens with zero attached hydrogens (tertiary/aromatic N) is 2. The highest BCUT2D eigenvalue weighted by Gasteiger charge is 2.23. The molecule has 1 aliphatic rings. The molecule has 0 amide bonds. The average molecular weight is 352 g/mol. The number of methoxy groups -OCH3 is 1. The minimum atomic E-state index is 0.638. The maximum Gasteiger partial charge on any atom is 0.231 e. The van der Waals surface area contributed by atoms with Gasteiger partial charge in [0.25, 0.3) is 0 Å². The van der Waals surface area contributed by atoms with Crippen LogP contribution in [-0.2, 0) is 12.8 Å². The fourth-order valence-electron chi connectivity index (χ4n) is 3.31. The van der Waals surface area contributed by atoms with Crippen molar-refractivity contribution in [2.45, 2.75) is 33.1 Å². The van der Waals surface area contributed by atoms with E-state index in [4.69, 9.17) is 9.47 Å². The molecule has 0 N–H and O–H groups in total. The first-order valence-electron chi connectivity index (χ1n) is 8.47. The maximum absolute atomic E-state index is 6.22. The van der Waals surface area contributed by atoms with Crippen molar-refractivity contribution in [1.82, 2.24) is 9.97 Å². The van der Waals surface area contributed by atoms with Crippen molar-refractivity contribution in [3.05, 3.63) is 46.1 Å². The number of aryl methyl sites for hydroxylation is 3. The summed E-state index contributed by atoms with van der Waals surface area (Å²) in [6, 6.07) is 5.92. The Morgan fingerprint density at radius 3 is 2.84 bits per heavy atom. The summed E-state index contributed by atoms with van der Waals surface area (Å²) >= 11 is 1.77. The highest BCUT2D eigenvalue weighted by molar-refractivity contribution is 7.19. The van der Waals surface area contributed by atoms with Gasteiger partial charge in [0.2, 0.25) is 5.88 Å². The summed E-state index contributed by atoms with van der Waals surface area (Å²) < 4.78 is 11.7. The highest BCUT2D eigenvalue weighted by atomic mass is 32.1. The molecule has 0 saturated carbocycles. The van der Waals surface area contributed by atoms with Crippen molar-refractivity contribution in [3.8, 4) is 17.4 Å². The average Bonchev–Trinajstić information content (AvgIpc) is 3.16. The molecule has 128 valence electrons. The number of fused-ring (bicyclic) bond motifs is 3. The molecule has 1 aliphatic carbocycles. The van der Waals surface area contributed by atoms with Gasteiger partial charge in [0, 0.05) is 4.88 Å². The van der Waals surface area contributed by atoms with Crippen LogP contribution in [0.1, 0.15) is 35.2 Å². The lowest BCUT2D eigenvalue weighted by Gasteiger charge is -2.12. The second-order valence-electron chi connectivity index (χ2n) is 6.13. The van der Waals surface area contributed by atoms with E-state index in [0.717, 1.165) is 34.4 Å². The van der Waals surface area contributed by atoms with Gasteiger partial charge in [-0.05, 0) is 56.4 Å². The molecule has 2 aromatic heterocycles. The zero-order valence-electron chi connectivity index (χ0n) is 14.6. The molecule has 0 unspecified atom stereocenters. The van der Waals surface area contributed by atoms with Gasteiger partial charge in [-0.2, -0.15) is 4.98 Å². The molecule has 0 saturated heterocycles. The molecule has 4 nitrogen and oxygen atoms in total. The summed E-state index contributed by atoms with van der Waals surface area (Å²) in [5.41, 5.74) is 2.44. The van der Waals surface area contributed by atoms with Gasteiger partial charge < -0.3 is 9.47 Å². The molecule has 0 spiro atoms. The van der Waals surface area contributed by atoms with Crippen molar-refractivity contribution >= 4 is 27.6 Å². The fraction of sp³-hybridized carbons (Fsp3) is 0.300. The first-order valence-corrected chi connectivity index (χ1v) is 9.28. The largest absolute Gasteiger partial charge is 0.493 e. The van der Waals surface area contributed by atoms with Gasteiger partial charge in [-0.15, -0.1) is 11.3 Å². The van der Waals surface area contributed by atoms with Gasteiger partial charge in [-0.1, -0.05) is 18.2 Å².